The van der Waals surface area contributed by atoms with E-state index in [2.05, 4.69) is 10.6 Å². The van der Waals surface area contributed by atoms with Crippen LogP contribution in [0.1, 0.15) is 39.0 Å². The lowest BCUT2D eigenvalue weighted by molar-refractivity contribution is -0.118. The molecular formula is C13H26N2O3S. The molecule has 0 aromatic carbocycles. The van der Waals surface area contributed by atoms with Gasteiger partial charge in [-0.15, -0.1) is 0 Å². The first-order chi connectivity index (χ1) is 9.03. The van der Waals surface area contributed by atoms with Crippen molar-refractivity contribution in [1.82, 2.24) is 10.6 Å². The van der Waals surface area contributed by atoms with Crippen LogP contribution < -0.4 is 10.6 Å². The lowest BCUT2D eigenvalue weighted by atomic mass is 10.00. The summed E-state index contributed by atoms with van der Waals surface area (Å²) in [5.41, 5.74) is 0. The van der Waals surface area contributed by atoms with Gasteiger partial charge in [-0.3, -0.25) is 4.79 Å². The molecule has 0 aliphatic carbocycles. The first kappa shape index (κ1) is 16.4. The van der Waals surface area contributed by atoms with Crippen LogP contribution in [0.25, 0.3) is 0 Å². The van der Waals surface area contributed by atoms with Gasteiger partial charge >= 0.3 is 0 Å². The largest absolute Gasteiger partial charge is 0.355 e. The van der Waals surface area contributed by atoms with Gasteiger partial charge in [0.1, 0.15) is 5.75 Å². The highest BCUT2D eigenvalue weighted by molar-refractivity contribution is 7.92. The first-order valence-corrected chi connectivity index (χ1v) is 9.03. The van der Waals surface area contributed by atoms with Gasteiger partial charge < -0.3 is 10.6 Å². The minimum absolute atomic E-state index is 0.124. The fraction of sp³-hybridized carbons (Fsp3) is 0.923. The Balaban J connectivity index is 2.21. The molecule has 1 unspecified atom stereocenters. The van der Waals surface area contributed by atoms with Gasteiger partial charge in [0.25, 0.3) is 0 Å². The van der Waals surface area contributed by atoms with E-state index in [4.69, 9.17) is 0 Å². The van der Waals surface area contributed by atoms with E-state index in [1.54, 1.807) is 0 Å². The van der Waals surface area contributed by atoms with Crippen molar-refractivity contribution in [2.45, 2.75) is 39.0 Å². The summed E-state index contributed by atoms with van der Waals surface area (Å²) < 4.78 is 23.4. The van der Waals surface area contributed by atoms with Crippen LogP contribution in [0.5, 0.6) is 0 Å². The Bertz CT molecular complexity index is 362. The van der Waals surface area contributed by atoms with Crippen LogP contribution in [0.2, 0.25) is 0 Å². The molecule has 1 atom stereocenters. The number of amides is 1. The Morgan fingerprint density at radius 1 is 1.37 bits per heavy atom. The van der Waals surface area contributed by atoms with Crippen LogP contribution in [0.4, 0.5) is 0 Å². The summed E-state index contributed by atoms with van der Waals surface area (Å²) in [7, 11) is -3.23. The molecule has 1 rings (SSSR count). The molecule has 1 fully saturated rings. The number of carbonyl (C=O) groups excluding carboxylic acids is 1. The van der Waals surface area contributed by atoms with Crippen LogP contribution in [0, 0.1) is 5.92 Å². The number of rotatable bonds is 8. The van der Waals surface area contributed by atoms with Crippen LogP contribution in [0.15, 0.2) is 0 Å². The average Bonchev–Trinajstić information content (AvgIpc) is 2.37. The molecule has 112 valence electrons. The Hall–Kier alpha value is -0.620. The van der Waals surface area contributed by atoms with Gasteiger partial charge in [-0.25, -0.2) is 8.42 Å². The third-order valence-corrected chi connectivity index (χ3v) is 5.01. The lowest BCUT2D eigenvalue weighted by Gasteiger charge is -2.22. The summed E-state index contributed by atoms with van der Waals surface area (Å²) >= 11 is 0. The van der Waals surface area contributed by atoms with Gasteiger partial charge in [0.15, 0.2) is 9.84 Å². The maximum atomic E-state index is 11.7. The number of carbonyl (C=O) groups is 1. The van der Waals surface area contributed by atoms with Gasteiger partial charge in [0, 0.05) is 6.54 Å². The number of hydrogen-bond acceptors (Lipinski definition) is 4. The van der Waals surface area contributed by atoms with Gasteiger partial charge in [0.2, 0.25) is 5.91 Å². The first-order valence-electron chi connectivity index (χ1n) is 7.21. The summed E-state index contributed by atoms with van der Waals surface area (Å²) in [6.45, 7) is 4.55. The SMILES string of the molecule is CCCCCS(=O)(=O)CC(=O)NCC1CCCNC1. The molecule has 0 bridgehead atoms. The van der Waals surface area contributed by atoms with E-state index < -0.39 is 9.84 Å². The molecule has 5 nitrogen and oxygen atoms in total. The molecule has 1 amide bonds. The Morgan fingerprint density at radius 3 is 2.79 bits per heavy atom. The van der Waals surface area contributed by atoms with Crippen molar-refractivity contribution in [2.24, 2.45) is 5.92 Å². The maximum Gasteiger partial charge on any atom is 0.235 e. The molecule has 19 heavy (non-hydrogen) atoms. The normalized spacial score (nSPS) is 20.2. The van der Waals surface area contributed by atoms with E-state index in [0.717, 1.165) is 38.8 Å². The van der Waals surface area contributed by atoms with Gasteiger partial charge in [0.05, 0.1) is 5.75 Å². The third kappa shape index (κ3) is 7.52. The van der Waals surface area contributed by atoms with Gasteiger partial charge in [-0.1, -0.05) is 19.8 Å². The van der Waals surface area contributed by atoms with E-state index in [1.807, 2.05) is 6.92 Å². The monoisotopic (exact) mass is 290 g/mol. The molecule has 6 heteroatoms. The standard InChI is InChI=1S/C13H26N2O3S/c1-2-3-4-8-19(17,18)11-13(16)15-10-12-6-5-7-14-9-12/h12,14H,2-11H2,1H3,(H,15,16). The van der Waals surface area contributed by atoms with E-state index in [0.29, 0.717) is 18.9 Å². The third-order valence-electron chi connectivity index (χ3n) is 3.40. The zero-order valence-corrected chi connectivity index (χ0v) is 12.6. The molecule has 1 aliphatic rings. The summed E-state index contributed by atoms with van der Waals surface area (Å²) in [4.78, 5) is 11.6. The predicted molar refractivity (Wildman–Crippen MR) is 76.8 cm³/mol. The number of piperidine rings is 1. The minimum atomic E-state index is -3.23. The molecule has 2 N–H and O–H groups in total. The second-order valence-corrected chi connectivity index (χ2v) is 7.50. The highest BCUT2D eigenvalue weighted by Gasteiger charge is 2.18. The molecule has 0 aromatic rings. The highest BCUT2D eigenvalue weighted by Crippen LogP contribution is 2.08. The molecule has 0 aromatic heterocycles. The van der Waals surface area contributed by atoms with Crippen molar-refractivity contribution < 1.29 is 13.2 Å². The van der Waals surface area contributed by atoms with E-state index in [1.165, 1.54) is 0 Å². The van der Waals surface area contributed by atoms with Crippen molar-refractivity contribution >= 4 is 15.7 Å². The van der Waals surface area contributed by atoms with E-state index in [9.17, 15) is 13.2 Å². The average molecular weight is 290 g/mol. The van der Waals surface area contributed by atoms with Crippen molar-refractivity contribution in [3.63, 3.8) is 0 Å². The lowest BCUT2D eigenvalue weighted by Crippen LogP contribution is -2.40. The van der Waals surface area contributed by atoms with Gasteiger partial charge in [-0.2, -0.15) is 0 Å². The predicted octanol–water partition coefficient (Wildman–Crippen LogP) is 0.707. The Kier molecular flexibility index (Phi) is 7.38. The molecule has 0 spiro atoms. The molecule has 1 saturated heterocycles. The second-order valence-electron chi connectivity index (χ2n) is 5.32. The molecule has 0 radical (unpaired) electrons. The van der Waals surface area contributed by atoms with Gasteiger partial charge in [-0.05, 0) is 38.3 Å². The number of unbranched alkanes of at least 4 members (excludes halogenated alkanes) is 2. The maximum absolute atomic E-state index is 11.7. The fourth-order valence-electron chi connectivity index (χ4n) is 2.25. The zero-order chi connectivity index (χ0) is 14.1. The van der Waals surface area contributed by atoms with E-state index >= 15 is 0 Å². The van der Waals surface area contributed by atoms with Crippen molar-refractivity contribution in [1.29, 1.82) is 0 Å². The molecule has 0 saturated carbocycles. The fourth-order valence-corrected chi connectivity index (χ4v) is 3.54. The highest BCUT2D eigenvalue weighted by atomic mass is 32.2. The molecule has 1 heterocycles. The Morgan fingerprint density at radius 2 is 2.16 bits per heavy atom. The summed E-state index contributed by atoms with van der Waals surface area (Å²) in [5.74, 6) is -0.168. The van der Waals surface area contributed by atoms with Crippen molar-refractivity contribution in [3.05, 3.63) is 0 Å². The Labute approximate surface area is 116 Å². The van der Waals surface area contributed by atoms with Crippen LogP contribution >= 0.6 is 0 Å². The number of nitrogens with one attached hydrogen (secondary N) is 2. The summed E-state index contributed by atoms with van der Waals surface area (Å²) in [5, 5.41) is 6.01. The summed E-state index contributed by atoms with van der Waals surface area (Å²) in [6.07, 6.45) is 4.75. The molecule has 1 aliphatic heterocycles. The minimum Gasteiger partial charge on any atom is -0.355 e. The van der Waals surface area contributed by atoms with E-state index in [-0.39, 0.29) is 17.4 Å². The smallest absolute Gasteiger partial charge is 0.235 e. The van der Waals surface area contributed by atoms with Crippen molar-refractivity contribution in [2.75, 3.05) is 31.1 Å². The summed E-state index contributed by atoms with van der Waals surface area (Å²) in [6, 6.07) is 0. The number of hydrogen-bond donors (Lipinski definition) is 2. The van der Waals surface area contributed by atoms with Crippen LogP contribution in [-0.2, 0) is 14.6 Å². The quantitative estimate of drug-likeness (QED) is 0.646. The second kappa shape index (κ2) is 8.53. The zero-order valence-electron chi connectivity index (χ0n) is 11.8. The van der Waals surface area contributed by atoms with Crippen molar-refractivity contribution in [3.8, 4) is 0 Å². The number of sulfone groups is 1. The van der Waals surface area contributed by atoms with Crippen LogP contribution in [0.3, 0.4) is 0 Å². The van der Waals surface area contributed by atoms with Crippen LogP contribution in [-0.4, -0.2) is 45.5 Å². The topological polar surface area (TPSA) is 75.3 Å². The molecular weight excluding hydrogens is 264 g/mol.